The molecule has 0 aliphatic heterocycles. The van der Waals surface area contributed by atoms with Gasteiger partial charge in [0.15, 0.2) is 0 Å². The second-order valence-corrected chi connectivity index (χ2v) is 15.6. The van der Waals surface area contributed by atoms with Crippen molar-refractivity contribution in [1.29, 1.82) is 0 Å². The Hall–Kier alpha value is -4.88. The summed E-state index contributed by atoms with van der Waals surface area (Å²) in [6, 6.07) is 50.4. The van der Waals surface area contributed by atoms with E-state index < -0.39 is 0 Å². The second-order valence-electron chi connectivity index (χ2n) is 15.6. The van der Waals surface area contributed by atoms with Crippen molar-refractivity contribution in [3.05, 3.63) is 161 Å². The van der Waals surface area contributed by atoms with E-state index in [4.69, 9.17) is 0 Å². The van der Waals surface area contributed by atoms with Gasteiger partial charge in [-0.25, -0.2) is 0 Å². The molecule has 1 nitrogen and oxygen atoms in total. The van der Waals surface area contributed by atoms with Gasteiger partial charge in [-0.1, -0.05) is 150 Å². The van der Waals surface area contributed by atoms with Gasteiger partial charge in [-0.15, -0.1) is 0 Å². The molecule has 0 spiro atoms. The molecule has 0 unspecified atom stereocenters. The van der Waals surface area contributed by atoms with Crippen molar-refractivity contribution in [2.24, 2.45) is 0 Å². The molecule has 6 aromatic rings. The fraction of sp³-hybridized carbons (Fsp3) is 0.250. The Morgan fingerprint density at radius 3 is 1.63 bits per heavy atom. The number of nitrogens with zero attached hydrogens (tertiary/aromatic N) is 1. The number of hydrogen-bond acceptors (Lipinski definition) is 1. The molecule has 3 aliphatic carbocycles. The van der Waals surface area contributed by atoms with E-state index in [1.165, 1.54) is 110 Å². The monoisotopic (exact) mass is 635 g/mol. The molecule has 242 valence electrons. The summed E-state index contributed by atoms with van der Waals surface area (Å²) in [5.41, 5.74) is 18.6. The first-order valence-electron chi connectivity index (χ1n) is 18.3. The van der Waals surface area contributed by atoms with Crippen molar-refractivity contribution in [3.63, 3.8) is 0 Å². The van der Waals surface area contributed by atoms with Crippen LogP contribution in [0.5, 0.6) is 0 Å². The van der Waals surface area contributed by atoms with Crippen molar-refractivity contribution in [2.75, 3.05) is 4.90 Å². The number of fused-ring (bicyclic) bond motifs is 6. The summed E-state index contributed by atoms with van der Waals surface area (Å²) in [6.07, 6.45) is 6.60. The van der Waals surface area contributed by atoms with Crippen LogP contribution in [0.4, 0.5) is 17.1 Å². The first-order valence-corrected chi connectivity index (χ1v) is 18.3. The topological polar surface area (TPSA) is 3.24 Å². The summed E-state index contributed by atoms with van der Waals surface area (Å²) in [4.78, 5) is 2.64. The van der Waals surface area contributed by atoms with E-state index in [9.17, 15) is 0 Å². The summed E-state index contributed by atoms with van der Waals surface area (Å²) in [6.45, 7) is 9.77. The maximum absolute atomic E-state index is 2.64. The molecular formula is C48H45N. The maximum Gasteiger partial charge on any atom is 0.0555 e. The largest absolute Gasteiger partial charge is 0.310 e. The van der Waals surface area contributed by atoms with Crippen molar-refractivity contribution in [3.8, 4) is 33.4 Å². The van der Waals surface area contributed by atoms with Gasteiger partial charge in [0.05, 0.1) is 5.69 Å². The van der Waals surface area contributed by atoms with Gasteiger partial charge in [0.2, 0.25) is 0 Å². The van der Waals surface area contributed by atoms with Crippen molar-refractivity contribution in [1.82, 2.24) is 0 Å². The highest BCUT2D eigenvalue weighted by Gasteiger charge is 2.46. The molecule has 0 N–H and O–H groups in total. The Kier molecular flexibility index (Phi) is 6.99. The molecular weight excluding hydrogens is 591 g/mol. The minimum absolute atomic E-state index is 0.176. The molecule has 0 atom stereocenters. The van der Waals surface area contributed by atoms with Crippen LogP contribution in [0.2, 0.25) is 0 Å². The lowest BCUT2D eigenvalue weighted by atomic mass is 9.75. The molecule has 9 rings (SSSR count). The third-order valence-electron chi connectivity index (χ3n) is 12.0. The molecule has 0 bridgehead atoms. The SMILES string of the molecule is CC1(C)c2ccccc2-c2cc3c(c(N(c4ccc(-c5ccccc5)cc4)c4cccc(C5CCCCC5)c4)c21)C(C)(C)c1ccccc1-3. The average molecular weight is 636 g/mol. The molecule has 1 saturated carbocycles. The van der Waals surface area contributed by atoms with Gasteiger partial charge >= 0.3 is 0 Å². The van der Waals surface area contributed by atoms with Gasteiger partial charge in [-0.3, -0.25) is 0 Å². The van der Waals surface area contributed by atoms with E-state index in [1.54, 1.807) is 0 Å². The van der Waals surface area contributed by atoms with Gasteiger partial charge in [-0.2, -0.15) is 0 Å². The molecule has 1 heteroatoms. The molecule has 3 aliphatic rings. The van der Waals surface area contributed by atoms with Crippen LogP contribution in [0.25, 0.3) is 33.4 Å². The zero-order chi connectivity index (χ0) is 33.3. The lowest BCUT2D eigenvalue weighted by Crippen LogP contribution is -2.26. The zero-order valence-corrected chi connectivity index (χ0v) is 29.3. The van der Waals surface area contributed by atoms with Crippen LogP contribution in [-0.2, 0) is 10.8 Å². The van der Waals surface area contributed by atoms with Crippen LogP contribution in [0.1, 0.15) is 93.5 Å². The molecule has 49 heavy (non-hydrogen) atoms. The standard InChI is InChI=1S/C48H45N/c1-47(2)42-24-13-11-22-38(42)40-31-41-39-23-12-14-25-43(39)48(3,4)45(41)46(44(40)47)49(36-28-26-34(27-29-36)32-16-7-5-8-17-32)37-21-15-20-35(30-37)33-18-9-6-10-19-33/h5,7-8,11-17,20-31,33H,6,9-10,18-19H2,1-4H3. The van der Waals surface area contributed by atoms with Crippen LogP contribution in [0.15, 0.2) is 133 Å². The molecule has 0 heterocycles. The molecule has 6 aromatic carbocycles. The summed E-state index contributed by atoms with van der Waals surface area (Å²) in [5, 5.41) is 0. The molecule has 1 fully saturated rings. The van der Waals surface area contributed by atoms with Crippen LogP contribution in [-0.4, -0.2) is 0 Å². The highest BCUT2D eigenvalue weighted by Crippen LogP contribution is 2.62. The Morgan fingerprint density at radius 1 is 0.469 bits per heavy atom. The highest BCUT2D eigenvalue weighted by atomic mass is 15.2. The Morgan fingerprint density at radius 2 is 1.02 bits per heavy atom. The van der Waals surface area contributed by atoms with E-state index in [2.05, 4.69) is 166 Å². The van der Waals surface area contributed by atoms with E-state index in [0.29, 0.717) is 5.92 Å². The van der Waals surface area contributed by atoms with Crippen molar-refractivity contribution >= 4 is 17.1 Å². The Balaban J connectivity index is 1.35. The average Bonchev–Trinajstić information content (AvgIpc) is 3.52. The lowest BCUT2D eigenvalue weighted by molar-refractivity contribution is 0.443. The van der Waals surface area contributed by atoms with Crippen LogP contribution in [0.3, 0.4) is 0 Å². The number of anilines is 3. The second kappa shape index (κ2) is 11.3. The van der Waals surface area contributed by atoms with E-state index in [-0.39, 0.29) is 10.8 Å². The van der Waals surface area contributed by atoms with Gasteiger partial charge in [0, 0.05) is 22.2 Å². The van der Waals surface area contributed by atoms with E-state index >= 15 is 0 Å². The third kappa shape index (κ3) is 4.66. The summed E-state index contributed by atoms with van der Waals surface area (Å²) in [5.74, 6) is 0.629. The minimum Gasteiger partial charge on any atom is -0.310 e. The normalized spacial score (nSPS) is 16.8. The van der Waals surface area contributed by atoms with Crippen molar-refractivity contribution < 1.29 is 0 Å². The van der Waals surface area contributed by atoms with Crippen molar-refractivity contribution in [2.45, 2.75) is 76.5 Å². The minimum atomic E-state index is -0.176. The van der Waals surface area contributed by atoms with E-state index in [0.717, 1.165) is 0 Å². The van der Waals surface area contributed by atoms with Crippen LogP contribution < -0.4 is 4.90 Å². The Labute approximate surface area is 292 Å². The third-order valence-corrected chi connectivity index (χ3v) is 12.0. The molecule has 0 saturated heterocycles. The first kappa shape index (κ1) is 30.2. The fourth-order valence-corrected chi connectivity index (χ4v) is 9.57. The first-order chi connectivity index (χ1) is 23.8. The predicted octanol–water partition coefficient (Wildman–Crippen LogP) is 13.5. The van der Waals surface area contributed by atoms with Gasteiger partial charge in [0.1, 0.15) is 0 Å². The summed E-state index contributed by atoms with van der Waals surface area (Å²) in [7, 11) is 0. The highest BCUT2D eigenvalue weighted by molar-refractivity contribution is 6.00. The zero-order valence-electron chi connectivity index (χ0n) is 29.3. The summed E-state index contributed by atoms with van der Waals surface area (Å²) >= 11 is 0. The van der Waals surface area contributed by atoms with Gasteiger partial charge in [0.25, 0.3) is 0 Å². The Bertz CT molecular complexity index is 2110. The predicted molar refractivity (Wildman–Crippen MR) is 208 cm³/mol. The van der Waals surface area contributed by atoms with E-state index in [1.807, 2.05) is 0 Å². The van der Waals surface area contributed by atoms with Crippen LogP contribution in [0, 0.1) is 0 Å². The lowest BCUT2D eigenvalue weighted by Gasteiger charge is -2.37. The van der Waals surface area contributed by atoms with Crippen LogP contribution >= 0.6 is 0 Å². The molecule has 0 amide bonds. The molecule has 0 radical (unpaired) electrons. The van der Waals surface area contributed by atoms with Gasteiger partial charge < -0.3 is 4.90 Å². The molecule has 0 aromatic heterocycles. The fourth-order valence-electron chi connectivity index (χ4n) is 9.57. The number of hydrogen-bond donors (Lipinski definition) is 0. The number of benzene rings is 6. The number of rotatable bonds is 5. The quantitative estimate of drug-likeness (QED) is 0.182. The summed E-state index contributed by atoms with van der Waals surface area (Å²) < 4.78 is 0. The smallest absolute Gasteiger partial charge is 0.0555 e. The maximum atomic E-state index is 2.64. The van der Waals surface area contributed by atoms with Gasteiger partial charge in [-0.05, 0) is 110 Å².